The number of rotatable bonds is 2. The van der Waals surface area contributed by atoms with Crippen LogP contribution < -0.4 is 0 Å². The van der Waals surface area contributed by atoms with Crippen molar-refractivity contribution in [2.75, 3.05) is 21.1 Å². The summed E-state index contributed by atoms with van der Waals surface area (Å²) in [5.41, 5.74) is 1.41. The highest BCUT2D eigenvalue weighted by Crippen LogP contribution is 2.06. The van der Waals surface area contributed by atoms with Gasteiger partial charge in [-0.05, 0) is 40.2 Å². The van der Waals surface area contributed by atoms with Crippen molar-refractivity contribution < 1.29 is 0 Å². The molecule has 1 rings (SSSR count). The maximum Gasteiger partial charge on any atom is 0.0400 e. The van der Waals surface area contributed by atoms with Gasteiger partial charge in [0.25, 0.3) is 0 Å². The van der Waals surface area contributed by atoms with E-state index in [1.54, 1.807) is 0 Å². The zero-order chi connectivity index (χ0) is 10.3. The van der Waals surface area contributed by atoms with Crippen molar-refractivity contribution in [2.45, 2.75) is 17.9 Å². The zero-order valence-electron chi connectivity index (χ0n) is 8.92. The minimum Gasteiger partial charge on any atom is -0.351 e. The minimum absolute atomic E-state index is 1.09. The van der Waals surface area contributed by atoms with Gasteiger partial charge in [-0.1, -0.05) is 22.6 Å². The molecule has 0 N–H and O–H groups in total. The van der Waals surface area contributed by atoms with Crippen molar-refractivity contribution in [3.8, 4) is 0 Å². The van der Waals surface area contributed by atoms with Gasteiger partial charge in [-0.3, -0.25) is 0 Å². The Morgan fingerprint density at radius 1 is 1.38 bits per heavy atom. The molecule has 0 spiro atoms. The van der Waals surface area contributed by atoms with Crippen LogP contribution in [0.5, 0.6) is 0 Å². The molecule has 0 aliphatic heterocycles. The van der Waals surface area contributed by atoms with Crippen molar-refractivity contribution >= 4 is 22.6 Å². The Kier molecular flexibility index (Phi) is 7.36. The van der Waals surface area contributed by atoms with Crippen LogP contribution in [0.1, 0.15) is 12.6 Å². The molecule has 0 saturated carbocycles. The maximum atomic E-state index is 2.38. The van der Waals surface area contributed by atoms with Crippen LogP contribution in [0.15, 0.2) is 18.3 Å². The second kappa shape index (κ2) is 7.38. The first-order valence-corrected chi connectivity index (χ1v) is 5.95. The second-order valence-corrected chi connectivity index (χ2v) is 4.02. The van der Waals surface area contributed by atoms with Crippen LogP contribution in [0.25, 0.3) is 0 Å². The molecule has 2 nitrogen and oxygen atoms in total. The fourth-order valence-electron chi connectivity index (χ4n) is 0.879. The van der Waals surface area contributed by atoms with E-state index in [2.05, 4.69) is 52.4 Å². The van der Waals surface area contributed by atoms with Crippen molar-refractivity contribution in [3.05, 3.63) is 24.0 Å². The Morgan fingerprint density at radius 3 is 2.23 bits per heavy atom. The van der Waals surface area contributed by atoms with E-state index < -0.39 is 0 Å². The summed E-state index contributed by atoms with van der Waals surface area (Å²) in [5.74, 6) is 0. The number of hydrogen-bond acceptors (Lipinski definition) is 1. The molecule has 13 heavy (non-hydrogen) atoms. The van der Waals surface area contributed by atoms with Crippen molar-refractivity contribution in [1.82, 2.24) is 9.47 Å². The summed E-state index contributed by atoms with van der Waals surface area (Å²) in [6.45, 7) is 3.25. The minimum atomic E-state index is 1.09. The van der Waals surface area contributed by atoms with Crippen LogP contribution >= 0.6 is 22.6 Å². The van der Waals surface area contributed by atoms with Gasteiger partial charge in [0.05, 0.1) is 0 Å². The Bertz CT molecular complexity index is 197. The molecule has 0 unspecified atom stereocenters. The van der Waals surface area contributed by atoms with Gasteiger partial charge in [0.15, 0.2) is 0 Å². The summed E-state index contributed by atoms with van der Waals surface area (Å²) in [7, 11) is 6.00. The number of hydrogen-bond donors (Lipinski definition) is 0. The number of aromatic nitrogens is 1. The summed E-state index contributed by atoms with van der Waals surface area (Å²) in [6.07, 6.45) is 2.12. The van der Waals surface area contributed by atoms with E-state index in [4.69, 9.17) is 0 Å². The van der Waals surface area contributed by atoms with Gasteiger partial charge in [-0.15, -0.1) is 0 Å². The SMILES string of the molecule is CCn1cccc1CI.CN(C)C. The molecule has 0 aliphatic rings. The Morgan fingerprint density at radius 2 is 1.92 bits per heavy atom. The smallest absolute Gasteiger partial charge is 0.0400 e. The van der Waals surface area contributed by atoms with Gasteiger partial charge in [-0.2, -0.15) is 0 Å². The summed E-state index contributed by atoms with van der Waals surface area (Å²) >= 11 is 2.38. The molecule has 76 valence electrons. The highest BCUT2D eigenvalue weighted by Gasteiger charge is 1.93. The van der Waals surface area contributed by atoms with E-state index in [-0.39, 0.29) is 0 Å². The van der Waals surface area contributed by atoms with Crippen molar-refractivity contribution in [2.24, 2.45) is 0 Å². The number of aryl methyl sites for hydroxylation is 1. The molecule has 0 fully saturated rings. The third-order valence-corrected chi connectivity index (χ3v) is 2.18. The lowest BCUT2D eigenvalue weighted by molar-refractivity contribution is 0.505. The molecular formula is C10H19IN2. The third kappa shape index (κ3) is 6.10. The van der Waals surface area contributed by atoms with Gasteiger partial charge in [0, 0.05) is 22.9 Å². The summed E-state index contributed by atoms with van der Waals surface area (Å²) in [5, 5.41) is 0. The Balaban J connectivity index is 0.000000310. The molecule has 0 radical (unpaired) electrons. The van der Waals surface area contributed by atoms with E-state index in [0.29, 0.717) is 0 Å². The lowest BCUT2D eigenvalue weighted by atomic mass is 10.5. The molecule has 1 aromatic heterocycles. The first-order valence-electron chi connectivity index (χ1n) is 4.42. The van der Waals surface area contributed by atoms with Crippen molar-refractivity contribution in [1.29, 1.82) is 0 Å². The van der Waals surface area contributed by atoms with E-state index in [9.17, 15) is 0 Å². The quantitative estimate of drug-likeness (QED) is 0.601. The van der Waals surface area contributed by atoms with Gasteiger partial charge in [-0.25, -0.2) is 0 Å². The molecule has 0 bridgehead atoms. The van der Waals surface area contributed by atoms with Gasteiger partial charge < -0.3 is 9.47 Å². The van der Waals surface area contributed by atoms with Crippen LogP contribution in [0.3, 0.4) is 0 Å². The highest BCUT2D eigenvalue weighted by atomic mass is 127. The van der Waals surface area contributed by atoms with E-state index in [1.807, 2.05) is 26.0 Å². The molecular weight excluding hydrogens is 275 g/mol. The summed E-state index contributed by atoms with van der Waals surface area (Å²) in [4.78, 5) is 2.00. The average molecular weight is 294 g/mol. The molecule has 0 aliphatic carbocycles. The lowest BCUT2D eigenvalue weighted by Gasteiger charge is -2.00. The molecule has 3 heteroatoms. The predicted octanol–water partition coefficient (Wildman–Crippen LogP) is 2.62. The molecule has 1 heterocycles. The summed E-state index contributed by atoms with van der Waals surface area (Å²) < 4.78 is 3.37. The van der Waals surface area contributed by atoms with Crippen molar-refractivity contribution in [3.63, 3.8) is 0 Å². The van der Waals surface area contributed by atoms with E-state index >= 15 is 0 Å². The Hall–Kier alpha value is -0.0300. The molecule has 0 aromatic carbocycles. The number of halogens is 1. The lowest BCUT2D eigenvalue weighted by Crippen LogP contribution is -1.99. The fourth-order valence-corrected chi connectivity index (χ4v) is 1.57. The molecule has 0 saturated heterocycles. The standard InChI is InChI=1S/C7H10IN.C3H9N/c1-2-9-5-3-4-7(9)6-8;1-4(2)3/h3-5H,2,6H2,1H3;1-3H3. The van der Waals surface area contributed by atoms with E-state index in [0.717, 1.165) is 11.0 Å². The molecule has 0 atom stereocenters. The largest absolute Gasteiger partial charge is 0.351 e. The Labute approximate surface area is 95.1 Å². The van der Waals surface area contributed by atoms with Crippen LogP contribution in [0.4, 0.5) is 0 Å². The third-order valence-electron chi connectivity index (χ3n) is 1.40. The topological polar surface area (TPSA) is 8.17 Å². The molecule has 1 aromatic rings. The number of alkyl halides is 1. The highest BCUT2D eigenvalue weighted by molar-refractivity contribution is 14.1. The van der Waals surface area contributed by atoms with Crippen LogP contribution in [0.2, 0.25) is 0 Å². The molecule has 0 amide bonds. The number of nitrogens with zero attached hydrogens (tertiary/aromatic N) is 2. The normalized spacial score (nSPS) is 9.69. The van der Waals surface area contributed by atoms with Crippen LogP contribution in [-0.2, 0) is 11.0 Å². The van der Waals surface area contributed by atoms with Crippen LogP contribution in [-0.4, -0.2) is 30.6 Å². The second-order valence-electron chi connectivity index (χ2n) is 3.26. The monoisotopic (exact) mass is 294 g/mol. The van der Waals surface area contributed by atoms with E-state index in [1.165, 1.54) is 5.69 Å². The van der Waals surface area contributed by atoms with Crippen LogP contribution in [0, 0.1) is 0 Å². The maximum absolute atomic E-state index is 2.38. The first kappa shape index (κ1) is 13.0. The van der Waals surface area contributed by atoms with Gasteiger partial charge >= 0.3 is 0 Å². The van der Waals surface area contributed by atoms with Gasteiger partial charge in [0.1, 0.15) is 0 Å². The zero-order valence-corrected chi connectivity index (χ0v) is 11.1. The first-order chi connectivity index (χ1) is 6.11. The summed E-state index contributed by atoms with van der Waals surface area (Å²) in [6, 6.07) is 4.26. The predicted molar refractivity (Wildman–Crippen MR) is 67.4 cm³/mol. The fraction of sp³-hybridized carbons (Fsp3) is 0.600. The van der Waals surface area contributed by atoms with Gasteiger partial charge in [0.2, 0.25) is 0 Å². The average Bonchev–Trinajstić information content (AvgIpc) is 2.49.